The summed E-state index contributed by atoms with van der Waals surface area (Å²) in [4.78, 5) is 28.7. The van der Waals surface area contributed by atoms with Crippen LogP contribution in [0.3, 0.4) is 0 Å². The molecule has 0 fully saturated rings. The van der Waals surface area contributed by atoms with Crippen molar-refractivity contribution >= 4 is 17.6 Å². The van der Waals surface area contributed by atoms with E-state index < -0.39 is 11.5 Å². The number of carboxylic acid groups (broad SMARTS) is 1. The third kappa shape index (κ3) is 2.57. The molecule has 2 rings (SSSR count). The lowest BCUT2D eigenvalue weighted by molar-refractivity contribution is -0.136. The Kier molecular flexibility index (Phi) is 3.43. The Morgan fingerprint density at radius 2 is 2.11 bits per heavy atom. The maximum atomic E-state index is 11.7. The van der Waals surface area contributed by atoms with Gasteiger partial charge in [-0.05, 0) is 12.1 Å². The normalized spacial score (nSPS) is 10.3. The molecule has 92 valence electrons. The molecule has 0 radical (unpaired) electrons. The van der Waals surface area contributed by atoms with E-state index in [2.05, 4.69) is 9.97 Å². The van der Waals surface area contributed by atoms with E-state index in [4.69, 9.17) is 16.7 Å². The van der Waals surface area contributed by atoms with E-state index in [0.717, 1.165) is 0 Å². The van der Waals surface area contributed by atoms with Crippen molar-refractivity contribution in [2.45, 2.75) is 6.42 Å². The van der Waals surface area contributed by atoms with Crippen LogP contribution in [0.2, 0.25) is 5.02 Å². The minimum atomic E-state index is -1.08. The smallest absolute Gasteiger partial charge is 0.308 e. The summed E-state index contributed by atoms with van der Waals surface area (Å²) in [6.07, 6.45) is 0.900. The molecule has 2 N–H and O–H groups in total. The van der Waals surface area contributed by atoms with Crippen molar-refractivity contribution in [2.24, 2.45) is 0 Å². The maximum absolute atomic E-state index is 11.7. The molecule has 0 spiro atoms. The van der Waals surface area contributed by atoms with Gasteiger partial charge in [-0.15, -0.1) is 0 Å². The minimum absolute atomic E-state index is 0.110. The molecule has 0 bridgehead atoms. The molecule has 1 aromatic carbocycles. The number of rotatable bonds is 3. The highest BCUT2D eigenvalue weighted by Crippen LogP contribution is 2.23. The predicted molar refractivity (Wildman–Crippen MR) is 66.6 cm³/mol. The van der Waals surface area contributed by atoms with Crippen LogP contribution < -0.4 is 5.56 Å². The lowest BCUT2D eigenvalue weighted by Gasteiger charge is -2.03. The van der Waals surface area contributed by atoms with Crippen LogP contribution >= 0.6 is 11.6 Å². The first-order valence-electron chi connectivity index (χ1n) is 5.13. The van der Waals surface area contributed by atoms with Gasteiger partial charge in [-0.25, -0.2) is 4.98 Å². The second-order valence-corrected chi connectivity index (χ2v) is 4.04. The van der Waals surface area contributed by atoms with Crippen molar-refractivity contribution in [3.05, 3.63) is 51.4 Å². The Balaban J connectivity index is 2.44. The van der Waals surface area contributed by atoms with Gasteiger partial charge < -0.3 is 10.1 Å². The first-order chi connectivity index (χ1) is 8.58. The Morgan fingerprint density at radius 1 is 1.39 bits per heavy atom. The Hall–Kier alpha value is -2.14. The van der Waals surface area contributed by atoms with Crippen molar-refractivity contribution < 1.29 is 9.90 Å². The number of hydrogen-bond acceptors (Lipinski definition) is 3. The van der Waals surface area contributed by atoms with Crippen LogP contribution in [0, 0.1) is 0 Å². The number of carbonyl (C=O) groups is 1. The van der Waals surface area contributed by atoms with Gasteiger partial charge in [-0.2, -0.15) is 0 Å². The number of carboxylic acids is 1. The van der Waals surface area contributed by atoms with Crippen LogP contribution in [0.4, 0.5) is 0 Å². The number of aromatic amines is 1. The molecule has 0 aliphatic heterocycles. The largest absolute Gasteiger partial charge is 0.481 e. The third-order valence-electron chi connectivity index (χ3n) is 2.34. The van der Waals surface area contributed by atoms with Gasteiger partial charge >= 0.3 is 5.97 Å². The van der Waals surface area contributed by atoms with Crippen molar-refractivity contribution in [2.75, 3.05) is 0 Å². The zero-order chi connectivity index (χ0) is 13.1. The molecule has 2 aromatic rings. The van der Waals surface area contributed by atoms with Crippen LogP contribution in [-0.4, -0.2) is 21.0 Å². The lowest BCUT2D eigenvalue weighted by Crippen LogP contribution is -2.17. The Morgan fingerprint density at radius 3 is 2.72 bits per heavy atom. The summed E-state index contributed by atoms with van der Waals surface area (Å²) < 4.78 is 0. The first kappa shape index (κ1) is 12.3. The monoisotopic (exact) mass is 264 g/mol. The molecular formula is C12H9ClN2O3. The SMILES string of the molecule is O=C(O)Cc1cnc(-c2ccccc2Cl)[nH]c1=O. The lowest BCUT2D eigenvalue weighted by atomic mass is 10.2. The van der Waals surface area contributed by atoms with Crippen LogP contribution in [0.25, 0.3) is 11.4 Å². The molecule has 0 aliphatic carbocycles. The van der Waals surface area contributed by atoms with Crippen molar-refractivity contribution in [3.63, 3.8) is 0 Å². The highest BCUT2D eigenvalue weighted by atomic mass is 35.5. The fourth-order valence-corrected chi connectivity index (χ4v) is 1.73. The average Bonchev–Trinajstić information content (AvgIpc) is 2.32. The highest BCUT2D eigenvalue weighted by Gasteiger charge is 2.09. The van der Waals surface area contributed by atoms with Crippen molar-refractivity contribution in [1.29, 1.82) is 0 Å². The molecule has 0 saturated heterocycles. The van der Waals surface area contributed by atoms with E-state index >= 15 is 0 Å². The van der Waals surface area contributed by atoms with E-state index in [-0.39, 0.29) is 12.0 Å². The number of aliphatic carboxylic acids is 1. The number of nitrogens with one attached hydrogen (secondary N) is 1. The van der Waals surface area contributed by atoms with E-state index in [0.29, 0.717) is 16.4 Å². The van der Waals surface area contributed by atoms with Gasteiger partial charge in [0.25, 0.3) is 5.56 Å². The summed E-state index contributed by atoms with van der Waals surface area (Å²) in [5, 5.41) is 9.08. The van der Waals surface area contributed by atoms with Gasteiger partial charge in [0.05, 0.1) is 11.4 Å². The molecule has 0 atom stereocenters. The van der Waals surface area contributed by atoms with Gasteiger partial charge in [0.2, 0.25) is 0 Å². The molecule has 0 saturated carbocycles. The third-order valence-corrected chi connectivity index (χ3v) is 2.67. The Labute approximate surface area is 107 Å². The van der Waals surface area contributed by atoms with Crippen LogP contribution in [0.15, 0.2) is 35.3 Å². The summed E-state index contributed by atoms with van der Waals surface area (Å²) in [5.41, 5.74) is 0.235. The second kappa shape index (κ2) is 5.01. The number of nitrogens with zero attached hydrogens (tertiary/aromatic N) is 1. The number of benzene rings is 1. The fraction of sp³-hybridized carbons (Fsp3) is 0.0833. The van der Waals surface area contributed by atoms with Gasteiger partial charge in [0.15, 0.2) is 0 Å². The van der Waals surface area contributed by atoms with Gasteiger partial charge in [-0.1, -0.05) is 23.7 Å². The highest BCUT2D eigenvalue weighted by molar-refractivity contribution is 6.33. The molecule has 6 heteroatoms. The van der Waals surface area contributed by atoms with Crippen LogP contribution in [0.5, 0.6) is 0 Å². The predicted octanol–water partition coefficient (Wildman–Crippen LogP) is 1.72. The van der Waals surface area contributed by atoms with Gasteiger partial charge in [-0.3, -0.25) is 9.59 Å². The summed E-state index contributed by atoms with van der Waals surface area (Å²) in [6.45, 7) is 0. The minimum Gasteiger partial charge on any atom is -0.481 e. The standard InChI is InChI=1S/C12H9ClN2O3/c13-9-4-2-1-3-8(9)11-14-6-7(5-10(16)17)12(18)15-11/h1-4,6H,5H2,(H,16,17)(H,14,15,18). The molecule has 0 amide bonds. The van der Waals surface area contributed by atoms with Crippen molar-refractivity contribution in [3.8, 4) is 11.4 Å². The van der Waals surface area contributed by atoms with Gasteiger partial charge in [0.1, 0.15) is 5.82 Å². The molecule has 18 heavy (non-hydrogen) atoms. The topological polar surface area (TPSA) is 83.0 Å². The maximum Gasteiger partial charge on any atom is 0.308 e. The molecule has 0 aliphatic rings. The van der Waals surface area contributed by atoms with E-state index in [1.165, 1.54) is 6.20 Å². The average molecular weight is 265 g/mol. The number of hydrogen-bond donors (Lipinski definition) is 2. The summed E-state index contributed by atoms with van der Waals surface area (Å²) >= 11 is 5.98. The zero-order valence-electron chi connectivity index (χ0n) is 9.18. The fourth-order valence-electron chi connectivity index (χ4n) is 1.50. The van der Waals surface area contributed by atoms with E-state index in [1.54, 1.807) is 24.3 Å². The van der Waals surface area contributed by atoms with Crippen LogP contribution in [0.1, 0.15) is 5.56 Å². The molecule has 1 heterocycles. The summed E-state index contributed by atoms with van der Waals surface area (Å²) in [7, 11) is 0. The Bertz CT molecular complexity index is 652. The first-order valence-corrected chi connectivity index (χ1v) is 5.50. The molecule has 5 nitrogen and oxygen atoms in total. The number of halogens is 1. The number of H-pyrrole nitrogens is 1. The molecule has 0 unspecified atom stereocenters. The quantitative estimate of drug-likeness (QED) is 0.884. The summed E-state index contributed by atoms with van der Waals surface area (Å²) in [5.74, 6) is -0.757. The van der Waals surface area contributed by atoms with Crippen molar-refractivity contribution in [1.82, 2.24) is 9.97 Å². The second-order valence-electron chi connectivity index (χ2n) is 3.64. The number of aromatic nitrogens is 2. The van der Waals surface area contributed by atoms with Gasteiger partial charge in [0, 0.05) is 17.3 Å². The zero-order valence-corrected chi connectivity index (χ0v) is 9.94. The van der Waals surface area contributed by atoms with E-state index in [1.807, 2.05) is 0 Å². The summed E-state index contributed by atoms with van der Waals surface area (Å²) in [6, 6.07) is 6.94. The van der Waals surface area contributed by atoms with Crippen LogP contribution in [-0.2, 0) is 11.2 Å². The molecular weight excluding hydrogens is 256 g/mol. The molecule has 1 aromatic heterocycles. The van der Waals surface area contributed by atoms with E-state index in [9.17, 15) is 9.59 Å².